The van der Waals surface area contributed by atoms with E-state index in [1.807, 2.05) is 24.1 Å². The van der Waals surface area contributed by atoms with E-state index in [1.54, 1.807) is 43.5 Å². The number of hydrogen-bond donors (Lipinski definition) is 2. The molecule has 1 saturated heterocycles. The number of amides is 2. The van der Waals surface area contributed by atoms with Crippen LogP contribution >= 0.6 is 0 Å². The zero-order valence-corrected chi connectivity index (χ0v) is 16.4. The number of nitrogens with one attached hydrogen (secondary N) is 2. The summed E-state index contributed by atoms with van der Waals surface area (Å²) in [4.78, 5) is 27.5. The van der Waals surface area contributed by atoms with E-state index in [2.05, 4.69) is 10.6 Å². The van der Waals surface area contributed by atoms with Gasteiger partial charge in [0.1, 0.15) is 5.75 Å². The molecule has 148 valence electrons. The van der Waals surface area contributed by atoms with Crippen molar-refractivity contribution in [1.29, 1.82) is 0 Å². The molecule has 6 nitrogen and oxygen atoms in total. The van der Waals surface area contributed by atoms with Gasteiger partial charge in [0.2, 0.25) is 0 Å². The zero-order valence-electron chi connectivity index (χ0n) is 16.4. The van der Waals surface area contributed by atoms with Crippen molar-refractivity contribution in [1.82, 2.24) is 10.2 Å². The summed E-state index contributed by atoms with van der Waals surface area (Å²) < 4.78 is 5.12. The second-order valence-electron chi connectivity index (χ2n) is 7.02. The van der Waals surface area contributed by atoms with Gasteiger partial charge in [-0.05, 0) is 68.8 Å². The summed E-state index contributed by atoms with van der Waals surface area (Å²) in [6.45, 7) is 2.47. The minimum Gasteiger partial charge on any atom is -0.497 e. The van der Waals surface area contributed by atoms with E-state index in [-0.39, 0.29) is 11.8 Å². The Bertz CT molecular complexity index is 812. The highest BCUT2D eigenvalue weighted by Crippen LogP contribution is 2.23. The van der Waals surface area contributed by atoms with Crippen LogP contribution < -0.4 is 15.4 Å². The van der Waals surface area contributed by atoms with E-state index in [0.29, 0.717) is 28.5 Å². The molecule has 0 aliphatic carbocycles. The fourth-order valence-electron chi connectivity index (χ4n) is 3.51. The third kappa shape index (κ3) is 4.70. The van der Waals surface area contributed by atoms with Gasteiger partial charge >= 0.3 is 0 Å². The third-order valence-electron chi connectivity index (χ3n) is 5.15. The second-order valence-corrected chi connectivity index (χ2v) is 7.02. The Morgan fingerprint density at radius 2 is 1.75 bits per heavy atom. The van der Waals surface area contributed by atoms with Crippen LogP contribution in [-0.2, 0) is 0 Å². The SMILES string of the molecule is CNCC1CCN(C(=O)c2ccccc2NC(=O)c2ccc(OC)cc2)CC1. The number of hydrogen-bond acceptors (Lipinski definition) is 4. The first kappa shape index (κ1) is 19.9. The van der Waals surface area contributed by atoms with Crippen LogP contribution in [-0.4, -0.2) is 50.5 Å². The maximum absolute atomic E-state index is 13.0. The number of likely N-dealkylation sites (tertiary alicyclic amines) is 1. The fraction of sp³-hybridized carbons (Fsp3) is 0.364. The largest absolute Gasteiger partial charge is 0.497 e. The van der Waals surface area contributed by atoms with Crippen LogP contribution in [0.4, 0.5) is 5.69 Å². The van der Waals surface area contributed by atoms with E-state index >= 15 is 0 Å². The molecule has 0 spiro atoms. The molecule has 28 heavy (non-hydrogen) atoms. The highest BCUT2D eigenvalue weighted by atomic mass is 16.5. The Morgan fingerprint density at radius 1 is 1.07 bits per heavy atom. The molecule has 2 aromatic carbocycles. The van der Waals surface area contributed by atoms with Crippen molar-refractivity contribution < 1.29 is 14.3 Å². The monoisotopic (exact) mass is 381 g/mol. The van der Waals surface area contributed by atoms with Crippen molar-refractivity contribution in [2.75, 3.05) is 39.1 Å². The van der Waals surface area contributed by atoms with Gasteiger partial charge < -0.3 is 20.3 Å². The summed E-state index contributed by atoms with van der Waals surface area (Å²) in [5, 5.41) is 6.08. The predicted octanol–water partition coefficient (Wildman–Crippen LogP) is 3.02. The molecule has 0 bridgehead atoms. The lowest BCUT2D eigenvalue weighted by molar-refractivity contribution is 0.0692. The number of ether oxygens (including phenoxy) is 1. The first-order valence-electron chi connectivity index (χ1n) is 9.60. The summed E-state index contributed by atoms with van der Waals surface area (Å²) >= 11 is 0. The summed E-state index contributed by atoms with van der Waals surface area (Å²) in [7, 11) is 3.54. The maximum atomic E-state index is 13.0. The lowest BCUT2D eigenvalue weighted by Gasteiger charge is -2.32. The summed E-state index contributed by atoms with van der Waals surface area (Å²) in [5.74, 6) is 1.01. The van der Waals surface area contributed by atoms with Gasteiger partial charge in [0, 0.05) is 18.7 Å². The number of methoxy groups -OCH3 is 1. The average molecular weight is 381 g/mol. The summed E-state index contributed by atoms with van der Waals surface area (Å²) in [6.07, 6.45) is 1.99. The normalized spacial score (nSPS) is 14.6. The molecular formula is C22H27N3O3. The van der Waals surface area contributed by atoms with Gasteiger partial charge in [-0.15, -0.1) is 0 Å². The number of benzene rings is 2. The van der Waals surface area contributed by atoms with Crippen LogP contribution in [0.3, 0.4) is 0 Å². The predicted molar refractivity (Wildman–Crippen MR) is 110 cm³/mol. The molecule has 2 aromatic rings. The molecule has 0 atom stereocenters. The molecule has 0 aromatic heterocycles. The number of nitrogens with zero attached hydrogens (tertiary/aromatic N) is 1. The summed E-state index contributed by atoms with van der Waals surface area (Å²) in [5.41, 5.74) is 1.57. The Balaban J connectivity index is 1.70. The van der Waals surface area contributed by atoms with Crippen LogP contribution in [0.2, 0.25) is 0 Å². The topological polar surface area (TPSA) is 70.7 Å². The molecule has 1 fully saturated rings. The van der Waals surface area contributed by atoms with E-state index in [1.165, 1.54) is 0 Å². The van der Waals surface area contributed by atoms with Crippen molar-refractivity contribution in [3.8, 4) is 5.75 Å². The third-order valence-corrected chi connectivity index (χ3v) is 5.15. The van der Waals surface area contributed by atoms with Gasteiger partial charge in [-0.2, -0.15) is 0 Å². The Morgan fingerprint density at radius 3 is 2.39 bits per heavy atom. The molecule has 6 heteroatoms. The van der Waals surface area contributed by atoms with Crippen LogP contribution in [0.15, 0.2) is 48.5 Å². The molecule has 2 N–H and O–H groups in total. The molecule has 0 radical (unpaired) electrons. The van der Waals surface area contributed by atoms with Crippen LogP contribution in [0.5, 0.6) is 5.75 Å². The van der Waals surface area contributed by atoms with Crippen molar-refractivity contribution in [3.05, 3.63) is 59.7 Å². The molecule has 1 heterocycles. The van der Waals surface area contributed by atoms with Crippen molar-refractivity contribution in [2.24, 2.45) is 5.92 Å². The molecule has 1 aliphatic heterocycles. The number of rotatable bonds is 6. The van der Waals surface area contributed by atoms with Crippen LogP contribution in [0, 0.1) is 5.92 Å². The lowest BCUT2D eigenvalue weighted by atomic mass is 9.96. The van der Waals surface area contributed by atoms with E-state index < -0.39 is 0 Å². The Hall–Kier alpha value is -2.86. The number of anilines is 1. The number of carbonyl (C=O) groups excluding carboxylic acids is 2. The van der Waals surface area contributed by atoms with Crippen LogP contribution in [0.1, 0.15) is 33.6 Å². The minimum atomic E-state index is -0.254. The number of para-hydroxylation sites is 1. The molecule has 2 amide bonds. The van der Waals surface area contributed by atoms with Gasteiger partial charge in [-0.3, -0.25) is 9.59 Å². The van der Waals surface area contributed by atoms with Gasteiger partial charge in [0.15, 0.2) is 0 Å². The second kappa shape index (κ2) is 9.37. The summed E-state index contributed by atoms with van der Waals surface area (Å²) in [6, 6.07) is 14.1. The zero-order chi connectivity index (χ0) is 19.9. The standard InChI is InChI=1S/C22H27N3O3/c1-23-15-16-11-13-25(14-12-16)22(27)19-5-3-4-6-20(19)24-21(26)17-7-9-18(28-2)10-8-17/h3-10,16,23H,11-15H2,1-2H3,(H,24,26). The average Bonchev–Trinajstić information content (AvgIpc) is 2.74. The van der Waals surface area contributed by atoms with E-state index in [9.17, 15) is 9.59 Å². The maximum Gasteiger partial charge on any atom is 0.255 e. The lowest BCUT2D eigenvalue weighted by Crippen LogP contribution is -2.40. The van der Waals surface area contributed by atoms with Gasteiger partial charge in [0.05, 0.1) is 18.4 Å². The van der Waals surface area contributed by atoms with Gasteiger partial charge in [-0.1, -0.05) is 12.1 Å². The molecule has 0 unspecified atom stereocenters. The quantitative estimate of drug-likeness (QED) is 0.807. The Labute approximate surface area is 165 Å². The van der Waals surface area contributed by atoms with Crippen molar-refractivity contribution in [2.45, 2.75) is 12.8 Å². The molecule has 0 saturated carbocycles. The van der Waals surface area contributed by atoms with Gasteiger partial charge in [-0.25, -0.2) is 0 Å². The molecule has 1 aliphatic rings. The first-order chi connectivity index (χ1) is 13.6. The highest BCUT2D eigenvalue weighted by Gasteiger charge is 2.25. The van der Waals surface area contributed by atoms with Crippen molar-refractivity contribution >= 4 is 17.5 Å². The van der Waals surface area contributed by atoms with E-state index in [4.69, 9.17) is 4.74 Å². The smallest absolute Gasteiger partial charge is 0.255 e. The van der Waals surface area contributed by atoms with Gasteiger partial charge in [0.25, 0.3) is 11.8 Å². The number of carbonyl (C=O) groups is 2. The minimum absolute atomic E-state index is 0.0338. The highest BCUT2D eigenvalue weighted by molar-refractivity contribution is 6.09. The first-order valence-corrected chi connectivity index (χ1v) is 9.60. The molecule has 3 rings (SSSR count). The molecular weight excluding hydrogens is 354 g/mol. The van der Waals surface area contributed by atoms with Crippen LogP contribution in [0.25, 0.3) is 0 Å². The number of piperidine rings is 1. The fourth-order valence-corrected chi connectivity index (χ4v) is 3.51. The van der Waals surface area contributed by atoms with E-state index in [0.717, 1.165) is 32.5 Å². The Kier molecular flexibility index (Phi) is 6.66. The van der Waals surface area contributed by atoms with Crippen molar-refractivity contribution in [3.63, 3.8) is 0 Å².